The quantitative estimate of drug-likeness (QED) is 0.838. The molecular formula is C15H23NO. The van der Waals surface area contributed by atoms with Crippen LogP contribution in [0.4, 0.5) is 0 Å². The summed E-state index contributed by atoms with van der Waals surface area (Å²) in [5.74, 6) is 0. The molecule has 0 heterocycles. The summed E-state index contributed by atoms with van der Waals surface area (Å²) < 4.78 is 0. The Morgan fingerprint density at radius 3 is 2.71 bits per heavy atom. The molecule has 2 nitrogen and oxygen atoms in total. The van der Waals surface area contributed by atoms with Gasteiger partial charge < -0.3 is 10.4 Å². The number of aliphatic hydroxyl groups excluding tert-OH is 1. The Morgan fingerprint density at radius 2 is 2.06 bits per heavy atom. The summed E-state index contributed by atoms with van der Waals surface area (Å²) in [6.07, 6.45) is 6.52. The van der Waals surface area contributed by atoms with E-state index in [1.54, 1.807) is 0 Å². The first-order chi connectivity index (χ1) is 8.29. The lowest BCUT2D eigenvalue weighted by Crippen LogP contribution is -2.36. The lowest BCUT2D eigenvalue weighted by molar-refractivity contribution is 0.220. The Kier molecular flexibility index (Phi) is 4.57. The maximum Gasteiger partial charge on any atom is 0.0626 e. The van der Waals surface area contributed by atoms with Gasteiger partial charge in [0.1, 0.15) is 0 Å². The molecule has 0 spiro atoms. The van der Waals surface area contributed by atoms with Crippen molar-refractivity contribution >= 4 is 0 Å². The smallest absolute Gasteiger partial charge is 0.0626 e. The van der Waals surface area contributed by atoms with Crippen LogP contribution in [0.25, 0.3) is 0 Å². The van der Waals surface area contributed by atoms with Crippen molar-refractivity contribution in [2.45, 2.75) is 51.1 Å². The monoisotopic (exact) mass is 233 g/mol. The minimum atomic E-state index is 0.0954. The zero-order valence-electron chi connectivity index (χ0n) is 10.7. The number of hydrogen-bond donors (Lipinski definition) is 2. The molecule has 0 bridgehead atoms. The van der Waals surface area contributed by atoms with Crippen LogP contribution in [0.3, 0.4) is 0 Å². The topological polar surface area (TPSA) is 32.3 Å². The molecule has 1 unspecified atom stereocenters. The summed E-state index contributed by atoms with van der Waals surface area (Å²) in [6.45, 7) is 2.28. The van der Waals surface area contributed by atoms with Gasteiger partial charge in [0, 0.05) is 6.04 Å². The molecule has 0 radical (unpaired) electrons. The van der Waals surface area contributed by atoms with Gasteiger partial charge in [0.2, 0.25) is 0 Å². The third-order valence-electron chi connectivity index (χ3n) is 3.67. The van der Waals surface area contributed by atoms with Gasteiger partial charge in [0.25, 0.3) is 0 Å². The Bertz CT molecular complexity index is 345. The van der Waals surface area contributed by atoms with Crippen LogP contribution in [-0.2, 0) is 0 Å². The fourth-order valence-electron chi connectivity index (χ4n) is 2.69. The summed E-state index contributed by atoms with van der Waals surface area (Å²) in [4.78, 5) is 0. The summed E-state index contributed by atoms with van der Waals surface area (Å²) in [7, 11) is 0. The predicted octanol–water partition coefficient (Wildman–Crippen LogP) is 2.95. The third-order valence-corrected chi connectivity index (χ3v) is 3.67. The lowest BCUT2D eigenvalue weighted by atomic mass is 9.94. The molecule has 2 rings (SSSR count). The van der Waals surface area contributed by atoms with E-state index in [0.29, 0.717) is 6.04 Å². The molecule has 1 atom stereocenters. The van der Waals surface area contributed by atoms with Crippen molar-refractivity contribution in [1.29, 1.82) is 0 Å². The van der Waals surface area contributed by atoms with Crippen molar-refractivity contribution < 1.29 is 5.11 Å². The van der Waals surface area contributed by atoms with Crippen LogP contribution in [0, 0.1) is 6.92 Å². The van der Waals surface area contributed by atoms with E-state index in [1.165, 1.54) is 43.2 Å². The lowest BCUT2D eigenvalue weighted by Gasteiger charge is -2.28. The molecule has 17 heavy (non-hydrogen) atoms. The average Bonchev–Trinajstić information content (AvgIpc) is 2.37. The summed E-state index contributed by atoms with van der Waals surface area (Å²) >= 11 is 0. The van der Waals surface area contributed by atoms with Crippen LogP contribution in [0.15, 0.2) is 24.3 Å². The minimum Gasteiger partial charge on any atom is -0.394 e. The van der Waals surface area contributed by atoms with E-state index in [0.717, 1.165) is 0 Å². The molecule has 94 valence electrons. The molecule has 1 fully saturated rings. The Hall–Kier alpha value is -0.860. The first-order valence-electron chi connectivity index (χ1n) is 6.73. The number of rotatable bonds is 4. The average molecular weight is 233 g/mol. The van der Waals surface area contributed by atoms with Crippen LogP contribution in [0.2, 0.25) is 0 Å². The minimum absolute atomic E-state index is 0.0954. The molecule has 0 amide bonds. The van der Waals surface area contributed by atoms with Crippen molar-refractivity contribution in [3.8, 4) is 0 Å². The Labute approximate surface area is 104 Å². The Morgan fingerprint density at radius 1 is 1.29 bits per heavy atom. The number of nitrogens with one attached hydrogen (secondary N) is 1. The highest BCUT2D eigenvalue weighted by molar-refractivity contribution is 5.25. The van der Waals surface area contributed by atoms with E-state index < -0.39 is 0 Å². The molecule has 1 saturated carbocycles. The van der Waals surface area contributed by atoms with Crippen LogP contribution in [-0.4, -0.2) is 17.8 Å². The zero-order chi connectivity index (χ0) is 12.1. The first kappa shape index (κ1) is 12.6. The second-order valence-corrected chi connectivity index (χ2v) is 5.15. The van der Waals surface area contributed by atoms with Gasteiger partial charge in [-0.15, -0.1) is 0 Å². The largest absolute Gasteiger partial charge is 0.394 e. The van der Waals surface area contributed by atoms with Gasteiger partial charge >= 0.3 is 0 Å². The van der Waals surface area contributed by atoms with E-state index >= 15 is 0 Å². The van der Waals surface area contributed by atoms with Crippen molar-refractivity contribution in [3.63, 3.8) is 0 Å². The molecule has 0 aromatic heterocycles. The number of aryl methyl sites for hydroxylation is 1. The molecule has 1 aromatic carbocycles. The fraction of sp³-hybridized carbons (Fsp3) is 0.600. The molecule has 1 aliphatic carbocycles. The summed E-state index contributed by atoms with van der Waals surface area (Å²) in [5.41, 5.74) is 2.46. The highest BCUT2D eigenvalue weighted by Crippen LogP contribution is 2.21. The van der Waals surface area contributed by atoms with Crippen LogP contribution in [0.1, 0.15) is 49.3 Å². The second-order valence-electron chi connectivity index (χ2n) is 5.15. The molecule has 0 aliphatic heterocycles. The molecular weight excluding hydrogens is 210 g/mol. The van der Waals surface area contributed by atoms with Gasteiger partial charge in [-0.3, -0.25) is 0 Å². The van der Waals surface area contributed by atoms with Gasteiger partial charge in [-0.2, -0.15) is 0 Å². The molecule has 2 heteroatoms. The zero-order valence-corrected chi connectivity index (χ0v) is 10.7. The molecule has 2 N–H and O–H groups in total. The highest BCUT2D eigenvalue weighted by Gasteiger charge is 2.18. The van der Waals surface area contributed by atoms with Crippen molar-refractivity contribution in [1.82, 2.24) is 5.32 Å². The van der Waals surface area contributed by atoms with E-state index in [-0.39, 0.29) is 12.6 Å². The molecule has 1 aliphatic rings. The maximum atomic E-state index is 9.54. The first-order valence-corrected chi connectivity index (χ1v) is 6.73. The van der Waals surface area contributed by atoms with Gasteiger partial charge in [-0.05, 0) is 25.3 Å². The Balaban J connectivity index is 2.00. The molecule has 1 aromatic rings. The number of aliphatic hydroxyl groups is 1. The van der Waals surface area contributed by atoms with Gasteiger partial charge in [0.05, 0.1) is 12.6 Å². The van der Waals surface area contributed by atoms with E-state index in [2.05, 4.69) is 36.5 Å². The van der Waals surface area contributed by atoms with E-state index in [1.807, 2.05) is 0 Å². The molecule has 0 saturated heterocycles. The van der Waals surface area contributed by atoms with Gasteiger partial charge in [-0.25, -0.2) is 0 Å². The predicted molar refractivity (Wildman–Crippen MR) is 71.0 cm³/mol. The van der Waals surface area contributed by atoms with Crippen LogP contribution < -0.4 is 5.32 Å². The van der Waals surface area contributed by atoms with Crippen LogP contribution in [0.5, 0.6) is 0 Å². The van der Waals surface area contributed by atoms with Crippen LogP contribution >= 0.6 is 0 Å². The van der Waals surface area contributed by atoms with Gasteiger partial charge in [-0.1, -0.05) is 49.1 Å². The second kappa shape index (κ2) is 6.18. The summed E-state index contributed by atoms with van der Waals surface area (Å²) in [5, 5.41) is 13.1. The summed E-state index contributed by atoms with van der Waals surface area (Å²) in [6, 6.07) is 9.11. The van der Waals surface area contributed by atoms with Crippen molar-refractivity contribution in [2.24, 2.45) is 0 Å². The standard InChI is InChI=1S/C15H23NO/c1-12-6-5-7-13(10-12)15(11-17)16-14-8-3-2-4-9-14/h5-7,10,14-17H,2-4,8-9,11H2,1H3. The number of hydrogen-bond acceptors (Lipinski definition) is 2. The maximum absolute atomic E-state index is 9.54. The SMILES string of the molecule is Cc1cccc(C(CO)NC2CCCCC2)c1. The van der Waals surface area contributed by atoms with E-state index in [9.17, 15) is 5.11 Å². The fourth-order valence-corrected chi connectivity index (χ4v) is 2.69. The van der Waals surface area contributed by atoms with E-state index in [4.69, 9.17) is 0 Å². The van der Waals surface area contributed by atoms with Crippen molar-refractivity contribution in [3.05, 3.63) is 35.4 Å². The normalized spacial score (nSPS) is 19.2. The third kappa shape index (κ3) is 3.55. The highest BCUT2D eigenvalue weighted by atomic mass is 16.3. The number of benzene rings is 1. The van der Waals surface area contributed by atoms with Crippen molar-refractivity contribution in [2.75, 3.05) is 6.61 Å². The van der Waals surface area contributed by atoms with Gasteiger partial charge in [0.15, 0.2) is 0 Å².